The Morgan fingerprint density at radius 2 is 2.20 bits per heavy atom. The van der Waals surface area contributed by atoms with Crippen LogP contribution in [0.25, 0.3) is 4.95 Å². The second-order valence-electron chi connectivity index (χ2n) is 0.338. The predicted molar refractivity (Wildman–Crippen MR) is 13.6 cm³/mol. The van der Waals surface area contributed by atoms with E-state index in [0.29, 0.717) is 0 Å². The van der Waals surface area contributed by atoms with Crippen molar-refractivity contribution in [3.05, 3.63) is 21.6 Å². The summed E-state index contributed by atoms with van der Waals surface area (Å²) in [6.07, 6.45) is 0. The van der Waals surface area contributed by atoms with Gasteiger partial charge >= 0.3 is 5.03 Å². The van der Waals surface area contributed by atoms with Crippen molar-refractivity contribution in [2.45, 2.75) is 0 Å². The van der Waals surface area contributed by atoms with E-state index in [1.54, 1.807) is 0 Å². The second kappa shape index (κ2) is 1.24. The first-order valence-corrected chi connectivity index (χ1v) is 0.789. The molecule has 0 bridgehead atoms. The number of hydrogen-bond donors (Lipinski definition) is 0. The van der Waals surface area contributed by atoms with Crippen LogP contribution in [0.2, 0.25) is 0 Å². The first-order chi connectivity index (χ1) is 2.27. The van der Waals surface area contributed by atoms with E-state index in [0.717, 1.165) is 0 Å². The van der Waals surface area contributed by atoms with Gasteiger partial charge in [0.15, 0.2) is 0 Å². The summed E-state index contributed by atoms with van der Waals surface area (Å²) in [7, 11) is 0. The summed E-state index contributed by atoms with van der Waals surface area (Å²) in [6, 6.07) is 0. The third-order valence-electron chi connectivity index (χ3n) is 0.0816. The fraction of sp³-hybridized carbons (Fsp3) is 0. The molecule has 0 aromatic carbocycles. The maximum Gasteiger partial charge on any atom is 0.411 e. The molecule has 0 aliphatic carbocycles. The topological polar surface area (TPSA) is 47.5 Å². The molecule has 0 aliphatic heterocycles. The monoisotopic (exact) mass is 72.0 g/mol. The normalized spacial score (nSPS) is 5.40. The van der Waals surface area contributed by atoms with Gasteiger partial charge in [-0.05, 0) is 0 Å². The summed E-state index contributed by atoms with van der Waals surface area (Å²) in [4.78, 5) is 10.7. The van der Waals surface area contributed by atoms with Crippen molar-refractivity contribution in [1.29, 1.82) is 0 Å². The SMILES string of the molecule is [C-]#[N+][N+](=O)[O-]. The van der Waals surface area contributed by atoms with Gasteiger partial charge in [-0.15, -0.1) is 6.57 Å². The maximum atomic E-state index is 8.82. The molecule has 0 spiro atoms. The Hall–Kier alpha value is -1.11. The summed E-state index contributed by atoms with van der Waals surface area (Å²) in [5, 5.41) is 7.74. The van der Waals surface area contributed by atoms with Crippen molar-refractivity contribution in [2.24, 2.45) is 0 Å². The minimum atomic E-state index is -1.08. The fourth-order valence-corrected chi connectivity index (χ4v) is 0. The Labute approximate surface area is 28.0 Å². The van der Waals surface area contributed by atoms with Crippen LogP contribution >= 0.6 is 0 Å². The van der Waals surface area contributed by atoms with Crippen molar-refractivity contribution >= 4 is 0 Å². The van der Waals surface area contributed by atoms with Crippen LogP contribution in [0.1, 0.15) is 0 Å². The first kappa shape index (κ1) is 3.89. The van der Waals surface area contributed by atoms with Gasteiger partial charge in [-0.1, -0.05) is 0 Å². The van der Waals surface area contributed by atoms with Crippen LogP contribution in [-0.4, -0.2) is 5.03 Å². The average Bonchev–Trinajstić information content (AvgIpc) is 1.38. The molecule has 0 heterocycles. The van der Waals surface area contributed by atoms with E-state index in [9.17, 15) is 0 Å². The minimum Gasteiger partial charge on any atom is -0.187 e. The Morgan fingerprint density at radius 3 is 2.20 bits per heavy atom. The Bertz CT molecular complexity index is 80.1. The molecule has 0 aromatic heterocycles. The molecule has 4 nitrogen and oxygen atoms in total. The lowest BCUT2D eigenvalue weighted by atomic mass is 11.8. The van der Waals surface area contributed by atoms with Gasteiger partial charge in [-0.25, -0.2) is 0 Å². The van der Waals surface area contributed by atoms with E-state index >= 15 is 0 Å². The molecule has 0 rings (SSSR count). The maximum absolute atomic E-state index is 8.82. The molecule has 0 unspecified atom stereocenters. The van der Waals surface area contributed by atoms with Crippen LogP contribution in [0, 0.1) is 16.7 Å². The Kier molecular flexibility index (Phi) is 0.962. The number of hydrogen-bond acceptors (Lipinski definition) is 2. The lowest BCUT2D eigenvalue weighted by molar-refractivity contribution is -0.409. The minimum absolute atomic E-state index is 1.08. The molecular weight excluding hydrogens is 72.0 g/mol. The third kappa shape index (κ3) is 2.89. The van der Waals surface area contributed by atoms with Crippen LogP contribution in [0.15, 0.2) is 0 Å². The van der Waals surface area contributed by atoms with Crippen molar-refractivity contribution in [3.63, 3.8) is 0 Å². The molecule has 4 heteroatoms. The van der Waals surface area contributed by atoms with Gasteiger partial charge in [0.2, 0.25) is 0 Å². The number of nitrogens with zero attached hydrogens (tertiary/aromatic N) is 2. The van der Waals surface area contributed by atoms with Gasteiger partial charge in [0, 0.05) is 0 Å². The highest BCUT2D eigenvalue weighted by molar-refractivity contribution is 4.19. The van der Waals surface area contributed by atoms with Crippen LogP contribution < -0.4 is 0 Å². The van der Waals surface area contributed by atoms with E-state index in [2.05, 4.69) is 0 Å². The molecule has 0 aromatic rings. The van der Waals surface area contributed by atoms with E-state index in [1.165, 1.54) is 0 Å². The lowest BCUT2D eigenvalue weighted by Gasteiger charge is -1.49. The van der Waals surface area contributed by atoms with Crippen molar-refractivity contribution in [2.75, 3.05) is 0 Å². The Balaban J connectivity index is 3.35. The van der Waals surface area contributed by atoms with Gasteiger partial charge in [0.1, 0.15) is 0 Å². The number of rotatable bonds is 0. The zero-order valence-electron chi connectivity index (χ0n) is 2.21. The molecular formula is CN2O2. The fourth-order valence-electron chi connectivity index (χ4n) is 0. The standard InChI is InChI=1S/CN2O2/c1-2-3(4)5. The summed E-state index contributed by atoms with van der Waals surface area (Å²) >= 11 is 0. The van der Waals surface area contributed by atoms with Gasteiger partial charge in [-0.3, -0.25) is 0 Å². The van der Waals surface area contributed by atoms with Gasteiger partial charge in [0.05, 0.1) is 4.95 Å². The van der Waals surface area contributed by atoms with Crippen molar-refractivity contribution in [3.8, 4) is 0 Å². The predicted octanol–water partition coefficient (Wildman–Crippen LogP) is 0.0974. The highest BCUT2D eigenvalue weighted by atomic mass is 16.7. The molecule has 0 N–H and O–H groups in total. The van der Waals surface area contributed by atoms with Gasteiger partial charge in [0.25, 0.3) is 0 Å². The summed E-state index contributed by atoms with van der Waals surface area (Å²) in [5.74, 6) is 0. The Morgan fingerprint density at radius 1 is 2.00 bits per heavy atom. The molecule has 0 fully saturated rings. The molecule has 5 heavy (non-hydrogen) atoms. The first-order valence-electron chi connectivity index (χ1n) is 0.789. The molecule has 0 atom stereocenters. The van der Waals surface area contributed by atoms with E-state index in [-0.39, 0.29) is 0 Å². The average molecular weight is 72.0 g/mol. The zero-order valence-corrected chi connectivity index (χ0v) is 2.21. The van der Waals surface area contributed by atoms with Gasteiger partial charge < -0.3 is 0 Å². The highest BCUT2D eigenvalue weighted by Gasteiger charge is 1.81. The smallest absolute Gasteiger partial charge is 0.187 e. The van der Waals surface area contributed by atoms with E-state index in [4.69, 9.17) is 16.7 Å². The zero-order chi connectivity index (χ0) is 4.28. The number of nitro groups is 1. The summed E-state index contributed by atoms with van der Waals surface area (Å²) < 4.78 is 0. The van der Waals surface area contributed by atoms with Gasteiger partial charge in [-0.2, -0.15) is 10.1 Å². The van der Waals surface area contributed by atoms with Crippen LogP contribution in [0.5, 0.6) is 0 Å². The molecule has 0 saturated heterocycles. The van der Waals surface area contributed by atoms with Crippen molar-refractivity contribution < 1.29 is 5.03 Å². The van der Waals surface area contributed by atoms with E-state index in [1.807, 2.05) is 4.95 Å². The molecule has 0 aliphatic rings. The van der Waals surface area contributed by atoms with Crippen LogP contribution in [-0.2, 0) is 0 Å². The summed E-state index contributed by atoms with van der Waals surface area (Å²) in [5.41, 5.74) is 0. The van der Waals surface area contributed by atoms with Crippen LogP contribution in [0.3, 0.4) is 0 Å². The largest absolute Gasteiger partial charge is 0.411 e. The lowest BCUT2D eigenvalue weighted by Crippen LogP contribution is -1.73. The molecule has 26 valence electrons. The highest BCUT2D eigenvalue weighted by Crippen LogP contribution is 1.58. The second-order valence-corrected chi connectivity index (χ2v) is 0.338. The molecule has 0 radical (unpaired) electrons. The van der Waals surface area contributed by atoms with E-state index < -0.39 is 5.03 Å². The molecule has 0 saturated carbocycles. The molecule has 0 amide bonds. The quantitative estimate of drug-likeness (QED) is 0.231. The summed E-state index contributed by atoms with van der Waals surface area (Å²) in [6.45, 7) is 5.58. The van der Waals surface area contributed by atoms with Crippen LogP contribution in [0.4, 0.5) is 0 Å². The third-order valence-corrected chi connectivity index (χ3v) is 0.0816. The van der Waals surface area contributed by atoms with Crippen molar-refractivity contribution in [1.82, 2.24) is 0 Å².